The Morgan fingerprint density at radius 1 is 1.26 bits per heavy atom. The molecule has 0 saturated heterocycles. The molecule has 7 atom stereocenters. The van der Waals surface area contributed by atoms with Crippen LogP contribution >= 0.6 is 0 Å². The predicted octanol–water partition coefficient (Wildman–Crippen LogP) is 3.58. The molecule has 19 heavy (non-hydrogen) atoms. The summed E-state index contributed by atoms with van der Waals surface area (Å²) in [7, 11) is 0. The molecule has 4 aliphatic rings. The fraction of sp³-hybridized carbons (Fsp3) is 0.824. The second-order valence-corrected chi connectivity index (χ2v) is 7.97. The van der Waals surface area contributed by atoms with Crippen LogP contribution in [0.3, 0.4) is 0 Å². The maximum atomic E-state index is 12.0. The summed E-state index contributed by atoms with van der Waals surface area (Å²) in [4.78, 5) is 12.0. The van der Waals surface area contributed by atoms with Crippen LogP contribution in [0.4, 0.5) is 0 Å². The van der Waals surface area contributed by atoms with E-state index < -0.39 is 11.4 Å². The van der Waals surface area contributed by atoms with Crippen molar-refractivity contribution in [2.24, 2.45) is 46.8 Å². The SMILES string of the molecule is CC(C)CC1(C(=O)O)CC2CC1C1C3C=CC(C3)C21. The Labute approximate surface area is 115 Å². The number of fused-ring (bicyclic) bond motifs is 9. The van der Waals surface area contributed by atoms with Crippen LogP contribution in [0.25, 0.3) is 0 Å². The van der Waals surface area contributed by atoms with Gasteiger partial charge >= 0.3 is 5.97 Å². The van der Waals surface area contributed by atoms with Crippen molar-refractivity contribution in [1.29, 1.82) is 0 Å². The molecule has 3 saturated carbocycles. The standard InChI is InChI=1S/C17H24O2/c1-9(2)7-17(16(18)19)8-12-6-13(17)15-11-4-3-10(5-11)14(12)15/h3-4,9-15H,5-8H2,1-2H3,(H,18,19). The Bertz CT molecular complexity index is 452. The number of rotatable bonds is 3. The van der Waals surface area contributed by atoms with Crippen LogP contribution in [0.2, 0.25) is 0 Å². The number of aliphatic carboxylic acids is 1. The fourth-order valence-electron chi connectivity index (χ4n) is 6.50. The van der Waals surface area contributed by atoms with Crippen LogP contribution in [0.15, 0.2) is 12.2 Å². The van der Waals surface area contributed by atoms with E-state index in [0.29, 0.717) is 29.6 Å². The molecule has 0 radical (unpaired) electrons. The van der Waals surface area contributed by atoms with Crippen molar-refractivity contribution in [3.63, 3.8) is 0 Å². The Morgan fingerprint density at radius 2 is 1.95 bits per heavy atom. The van der Waals surface area contributed by atoms with Crippen LogP contribution in [0.1, 0.15) is 39.5 Å². The third kappa shape index (κ3) is 1.35. The average Bonchev–Trinajstić information content (AvgIpc) is 3.04. The minimum Gasteiger partial charge on any atom is -0.481 e. The van der Waals surface area contributed by atoms with E-state index in [1.807, 2.05) is 0 Å². The summed E-state index contributed by atoms with van der Waals surface area (Å²) >= 11 is 0. The van der Waals surface area contributed by atoms with Gasteiger partial charge in [-0.1, -0.05) is 26.0 Å². The summed E-state index contributed by atoms with van der Waals surface area (Å²) < 4.78 is 0. The molecule has 0 spiro atoms. The zero-order valence-electron chi connectivity index (χ0n) is 11.9. The van der Waals surface area contributed by atoms with Gasteiger partial charge in [0, 0.05) is 0 Å². The largest absolute Gasteiger partial charge is 0.481 e. The highest BCUT2D eigenvalue weighted by molar-refractivity contribution is 5.76. The highest BCUT2D eigenvalue weighted by Crippen LogP contribution is 2.71. The van der Waals surface area contributed by atoms with Crippen molar-refractivity contribution < 1.29 is 9.90 Å². The Hall–Kier alpha value is -0.790. The van der Waals surface area contributed by atoms with E-state index in [1.54, 1.807) is 0 Å². The summed E-state index contributed by atoms with van der Waals surface area (Å²) in [5.74, 6) is 4.17. The first-order valence-electron chi connectivity index (χ1n) is 7.94. The Morgan fingerprint density at radius 3 is 2.58 bits per heavy atom. The summed E-state index contributed by atoms with van der Waals surface area (Å²) in [5.41, 5.74) is -0.391. The number of hydrogen-bond donors (Lipinski definition) is 1. The number of allylic oxidation sites excluding steroid dienone is 2. The highest BCUT2D eigenvalue weighted by Gasteiger charge is 2.68. The minimum absolute atomic E-state index is 0.391. The third-order valence-corrected chi connectivity index (χ3v) is 6.68. The summed E-state index contributed by atoms with van der Waals surface area (Å²) in [6.45, 7) is 4.35. The van der Waals surface area contributed by atoms with Gasteiger partial charge in [-0.05, 0) is 67.1 Å². The molecule has 7 unspecified atom stereocenters. The van der Waals surface area contributed by atoms with Gasteiger partial charge in [-0.25, -0.2) is 0 Å². The molecule has 3 fully saturated rings. The maximum Gasteiger partial charge on any atom is 0.309 e. The van der Waals surface area contributed by atoms with Crippen molar-refractivity contribution in [2.75, 3.05) is 0 Å². The average molecular weight is 260 g/mol. The topological polar surface area (TPSA) is 37.3 Å². The van der Waals surface area contributed by atoms with Crippen molar-refractivity contribution in [2.45, 2.75) is 39.5 Å². The van der Waals surface area contributed by atoms with E-state index in [2.05, 4.69) is 26.0 Å². The Balaban J connectivity index is 1.71. The predicted molar refractivity (Wildman–Crippen MR) is 73.5 cm³/mol. The van der Waals surface area contributed by atoms with Gasteiger partial charge in [0.05, 0.1) is 5.41 Å². The van der Waals surface area contributed by atoms with Gasteiger partial charge in [-0.3, -0.25) is 4.79 Å². The van der Waals surface area contributed by atoms with Gasteiger partial charge in [0.2, 0.25) is 0 Å². The lowest BCUT2D eigenvalue weighted by molar-refractivity contribution is -0.156. The van der Waals surface area contributed by atoms with Crippen molar-refractivity contribution >= 4 is 5.97 Å². The normalized spacial score (nSPS) is 53.2. The molecule has 0 aromatic heterocycles. The summed E-state index contributed by atoms with van der Waals surface area (Å²) in [6, 6.07) is 0. The zero-order valence-corrected chi connectivity index (χ0v) is 11.9. The molecule has 104 valence electrons. The lowest BCUT2D eigenvalue weighted by Gasteiger charge is -2.43. The van der Waals surface area contributed by atoms with Gasteiger partial charge < -0.3 is 5.11 Å². The minimum atomic E-state index is -0.501. The molecular formula is C17H24O2. The first kappa shape index (κ1) is 12.0. The second kappa shape index (κ2) is 3.65. The first-order valence-corrected chi connectivity index (χ1v) is 7.94. The van der Waals surface area contributed by atoms with Crippen LogP contribution < -0.4 is 0 Å². The molecule has 2 nitrogen and oxygen atoms in total. The van der Waals surface area contributed by atoms with Crippen LogP contribution in [0, 0.1) is 46.8 Å². The Kier molecular flexibility index (Phi) is 2.30. The second-order valence-electron chi connectivity index (χ2n) is 7.97. The zero-order chi connectivity index (χ0) is 13.4. The molecule has 4 rings (SSSR count). The molecule has 4 bridgehead atoms. The van der Waals surface area contributed by atoms with Crippen LogP contribution in [0.5, 0.6) is 0 Å². The molecule has 0 heterocycles. The molecule has 1 N–H and O–H groups in total. The van der Waals surface area contributed by atoms with Gasteiger partial charge in [0.1, 0.15) is 0 Å². The molecule has 4 aliphatic carbocycles. The summed E-state index contributed by atoms with van der Waals surface area (Å²) in [5, 5.41) is 9.91. The van der Waals surface area contributed by atoms with Crippen LogP contribution in [-0.2, 0) is 4.79 Å². The first-order chi connectivity index (χ1) is 9.03. The lowest BCUT2D eigenvalue weighted by atomic mass is 9.59. The van der Waals surface area contributed by atoms with Crippen molar-refractivity contribution in [3.8, 4) is 0 Å². The van der Waals surface area contributed by atoms with Gasteiger partial charge in [-0.2, -0.15) is 0 Å². The van der Waals surface area contributed by atoms with Crippen molar-refractivity contribution in [1.82, 2.24) is 0 Å². The third-order valence-electron chi connectivity index (χ3n) is 6.68. The number of carboxylic acid groups (broad SMARTS) is 1. The highest BCUT2D eigenvalue weighted by atomic mass is 16.4. The smallest absolute Gasteiger partial charge is 0.309 e. The van der Waals surface area contributed by atoms with E-state index in [4.69, 9.17) is 0 Å². The molecule has 0 aromatic rings. The van der Waals surface area contributed by atoms with E-state index >= 15 is 0 Å². The molecular weight excluding hydrogens is 236 g/mol. The molecule has 0 aliphatic heterocycles. The van der Waals surface area contributed by atoms with Crippen molar-refractivity contribution in [3.05, 3.63) is 12.2 Å². The molecule has 0 amide bonds. The van der Waals surface area contributed by atoms with E-state index in [0.717, 1.165) is 24.7 Å². The fourth-order valence-corrected chi connectivity index (χ4v) is 6.50. The molecule has 2 heteroatoms. The van der Waals surface area contributed by atoms with E-state index in [9.17, 15) is 9.90 Å². The monoisotopic (exact) mass is 260 g/mol. The molecule has 0 aromatic carbocycles. The van der Waals surface area contributed by atoms with Crippen LogP contribution in [-0.4, -0.2) is 11.1 Å². The van der Waals surface area contributed by atoms with Gasteiger partial charge in [-0.15, -0.1) is 0 Å². The van der Waals surface area contributed by atoms with Gasteiger partial charge in [0.15, 0.2) is 0 Å². The van der Waals surface area contributed by atoms with E-state index in [-0.39, 0.29) is 0 Å². The lowest BCUT2D eigenvalue weighted by Crippen LogP contribution is -2.45. The quantitative estimate of drug-likeness (QED) is 0.622. The maximum absolute atomic E-state index is 12.0. The van der Waals surface area contributed by atoms with Gasteiger partial charge in [0.25, 0.3) is 0 Å². The number of carbonyl (C=O) groups is 1. The summed E-state index contributed by atoms with van der Waals surface area (Å²) in [6.07, 6.45) is 9.19. The number of carboxylic acids is 1. The number of hydrogen-bond acceptors (Lipinski definition) is 1. The van der Waals surface area contributed by atoms with E-state index in [1.165, 1.54) is 12.8 Å².